The van der Waals surface area contributed by atoms with E-state index in [1.54, 1.807) is 30.3 Å². The van der Waals surface area contributed by atoms with Crippen molar-refractivity contribution in [2.45, 2.75) is 5.22 Å². The average Bonchev–Trinajstić information content (AvgIpc) is 3.09. The van der Waals surface area contributed by atoms with E-state index < -0.39 is 0 Å². The highest BCUT2D eigenvalue weighted by molar-refractivity contribution is 7.99. The molecule has 26 heavy (non-hydrogen) atoms. The van der Waals surface area contributed by atoms with Gasteiger partial charge in [0.2, 0.25) is 11.8 Å². The first-order chi connectivity index (χ1) is 12.6. The zero-order valence-corrected chi connectivity index (χ0v) is 15.4. The van der Waals surface area contributed by atoms with Crippen molar-refractivity contribution in [3.8, 4) is 17.5 Å². The molecule has 3 aromatic rings. The largest absolute Gasteiger partial charge is 0.411 e. The number of amides is 1. The van der Waals surface area contributed by atoms with Gasteiger partial charge in [0.25, 0.3) is 5.22 Å². The fourth-order valence-corrected chi connectivity index (χ4v) is 2.99. The molecule has 0 fully saturated rings. The van der Waals surface area contributed by atoms with Crippen LogP contribution in [-0.2, 0) is 4.79 Å². The van der Waals surface area contributed by atoms with Crippen LogP contribution in [0.5, 0.6) is 0 Å². The van der Waals surface area contributed by atoms with Gasteiger partial charge in [-0.1, -0.05) is 47.1 Å². The number of carbonyl (C=O) groups excluding carboxylic acids is 1. The summed E-state index contributed by atoms with van der Waals surface area (Å²) in [6.07, 6.45) is 0. The first-order valence-corrected chi connectivity index (χ1v) is 9.01. The Balaban J connectivity index is 1.63. The number of anilines is 1. The van der Waals surface area contributed by atoms with Crippen LogP contribution >= 0.6 is 35.0 Å². The van der Waals surface area contributed by atoms with Gasteiger partial charge in [-0.05, 0) is 30.3 Å². The highest BCUT2D eigenvalue weighted by atomic mass is 35.5. The SMILES string of the molecule is N#Cc1ccc(Cl)cc1NC(=O)CSc1nnc(-c2ccccc2Cl)o1. The van der Waals surface area contributed by atoms with Crippen molar-refractivity contribution in [1.29, 1.82) is 5.26 Å². The third kappa shape index (κ3) is 4.35. The minimum atomic E-state index is -0.328. The van der Waals surface area contributed by atoms with E-state index in [0.29, 0.717) is 26.9 Å². The van der Waals surface area contributed by atoms with Crippen LogP contribution in [0.15, 0.2) is 52.1 Å². The number of nitrogens with zero attached hydrogens (tertiary/aromatic N) is 3. The molecule has 0 bridgehead atoms. The van der Waals surface area contributed by atoms with Gasteiger partial charge in [0.05, 0.1) is 27.6 Å². The molecule has 0 spiro atoms. The van der Waals surface area contributed by atoms with Gasteiger partial charge in [0, 0.05) is 5.02 Å². The van der Waals surface area contributed by atoms with Gasteiger partial charge >= 0.3 is 0 Å². The molecule has 2 aromatic carbocycles. The Morgan fingerprint density at radius 2 is 2.04 bits per heavy atom. The zero-order valence-electron chi connectivity index (χ0n) is 13.1. The van der Waals surface area contributed by atoms with E-state index in [1.807, 2.05) is 12.1 Å². The quantitative estimate of drug-likeness (QED) is 0.622. The lowest BCUT2D eigenvalue weighted by Gasteiger charge is -2.06. The maximum Gasteiger partial charge on any atom is 0.277 e. The van der Waals surface area contributed by atoms with E-state index in [0.717, 1.165) is 11.8 Å². The molecule has 0 aliphatic rings. The van der Waals surface area contributed by atoms with Gasteiger partial charge < -0.3 is 9.73 Å². The highest BCUT2D eigenvalue weighted by Crippen LogP contribution is 2.28. The molecule has 130 valence electrons. The van der Waals surface area contributed by atoms with Crippen molar-refractivity contribution in [2.75, 3.05) is 11.1 Å². The lowest BCUT2D eigenvalue weighted by atomic mass is 10.2. The van der Waals surface area contributed by atoms with E-state index in [-0.39, 0.29) is 22.8 Å². The fourth-order valence-electron chi connectivity index (χ4n) is 2.04. The van der Waals surface area contributed by atoms with Crippen LogP contribution in [0.2, 0.25) is 10.0 Å². The van der Waals surface area contributed by atoms with Crippen LogP contribution in [0, 0.1) is 11.3 Å². The van der Waals surface area contributed by atoms with Crippen LogP contribution in [0.25, 0.3) is 11.5 Å². The van der Waals surface area contributed by atoms with Crippen molar-refractivity contribution in [3.05, 3.63) is 58.1 Å². The second-order valence-electron chi connectivity index (χ2n) is 4.99. The second-order valence-corrected chi connectivity index (χ2v) is 6.76. The number of aromatic nitrogens is 2. The molecule has 1 N–H and O–H groups in total. The second kappa shape index (κ2) is 8.23. The Morgan fingerprint density at radius 3 is 2.81 bits per heavy atom. The molecule has 3 rings (SSSR count). The van der Waals surface area contributed by atoms with Crippen LogP contribution in [0.4, 0.5) is 5.69 Å². The van der Waals surface area contributed by atoms with E-state index in [9.17, 15) is 4.79 Å². The Labute approximate surface area is 163 Å². The molecule has 1 aromatic heterocycles. The maximum absolute atomic E-state index is 12.1. The van der Waals surface area contributed by atoms with Crippen molar-refractivity contribution >= 4 is 46.6 Å². The zero-order chi connectivity index (χ0) is 18.5. The first-order valence-electron chi connectivity index (χ1n) is 7.27. The standard InChI is InChI=1S/C17H10Cl2N4O2S/c18-11-6-5-10(8-20)14(7-11)21-15(24)9-26-17-23-22-16(25-17)12-3-1-2-4-13(12)19/h1-7H,9H2,(H,21,24). The number of benzene rings is 2. The molecule has 0 aliphatic heterocycles. The van der Waals surface area contributed by atoms with Crippen LogP contribution < -0.4 is 5.32 Å². The third-order valence-corrected chi connectivity index (χ3v) is 4.60. The number of thioether (sulfide) groups is 1. The molecule has 0 atom stereocenters. The number of nitriles is 1. The lowest BCUT2D eigenvalue weighted by Crippen LogP contribution is -2.15. The Bertz CT molecular complexity index is 1000. The van der Waals surface area contributed by atoms with Crippen LogP contribution in [0.3, 0.4) is 0 Å². The Morgan fingerprint density at radius 1 is 1.23 bits per heavy atom. The molecule has 6 nitrogen and oxygen atoms in total. The Hall–Kier alpha value is -2.53. The molecule has 0 aliphatic carbocycles. The fraction of sp³-hybridized carbons (Fsp3) is 0.0588. The van der Waals surface area contributed by atoms with Gasteiger partial charge in [-0.2, -0.15) is 5.26 Å². The van der Waals surface area contributed by atoms with Gasteiger partial charge in [-0.15, -0.1) is 10.2 Å². The number of nitrogens with one attached hydrogen (secondary N) is 1. The number of carbonyl (C=O) groups is 1. The lowest BCUT2D eigenvalue weighted by molar-refractivity contribution is -0.113. The predicted octanol–water partition coefficient (Wildman–Crippen LogP) is 4.65. The third-order valence-electron chi connectivity index (χ3n) is 3.21. The maximum atomic E-state index is 12.1. The van der Waals surface area contributed by atoms with E-state index in [4.69, 9.17) is 32.9 Å². The smallest absolute Gasteiger partial charge is 0.277 e. The summed E-state index contributed by atoms with van der Waals surface area (Å²) in [5, 5.41) is 20.7. The summed E-state index contributed by atoms with van der Waals surface area (Å²) in [6, 6.07) is 13.7. The summed E-state index contributed by atoms with van der Waals surface area (Å²) in [6.45, 7) is 0. The molecular weight excluding hydrogens is 395 g/mol. The minimum Gasteiger partial charge on any atom is -0.411 e. The molecule has 0 saturated carbocycles. The summed E-state index contributed by atoms with van der Waals surface area (Å²) >= 11 is 13.1. The minimum absolute atomic E-state index is 0.0293. The summed E-state index contributed by atoms with van der Waals surface area (Å²) in [7, 11) is 0. The van der Waals surface area contributed by atoms with Crippen molar-refractivity contribution in [2.24, 2.45) is 0 Å². The summed E-state index contributed by atoms with van der Waals surface area (Å²) in [5.74, 6) is -0.0203. The number of halogens is 2. The molecular formula is C17H10Cl2N4O2S. The van der Waals surface area contributed by atoms with Gasteiger partial charge in [-0.25, -0.2) is 0 Å². The number of rotatable bonds is 5. The van der Waals surface area contributed by atoms with Crippen LogP contribution in [0.1, 0.15) is 5.56 Å². The summed E-state index contributed by atoms with van der Waals surface area (Å²) < 4.78 is 5.52. The number of hydrogen-bond acceptors (Lipinski definition) is 6. The molecule has 0 radical (unpaired) electrons. The summed E-state index contributed by atoms with van der Waals surface area (Å²) in [5.41, 5.74) is 1.30. The van der Waals surface area contributed by atoms with Gasteiger partial charge in [0.15, 0.2) is 0 Å². The first kappa shape index (κ1) is 18.3. The van der Waals surface area contributed by atoms with Gasteiger partial charge in [0.1, 0.15) is 6.07 Å². The predicted molar refractivity (Wildman–Crippen MR) is 100 cm³/mol. The monoisotopic (exact) mass is 404 g/mol. The molecule has 0 saturated heterocycles. The molecule has 0 unspecified atom stereocenters. The molecule has 1 amide bonds. The van der Waals surface area contributed by atoms with Crippen LogP contribution in [-0.4, -0.2) is 21.9 Å². The number of hydrogen-bond donors (Lipinski definition) is 1. The topological polar surface area (TPSA) is 91.8 Å². The highest BCUT2D eigenvalue weighted by Gasteiger charge is 2.14. The average molecular weight is 405 g/mol. The van der Waals surface area contributed by atoms with E-state index >= 15 is 0 Å². The van der Waals surface area contributed by atoms with Crippen molar-refractivity contribution in [1.82, 2.24) is 10.2 Å². The van der Waals surface area contributed by atoms with Gasteiger partial charge in [-0.3, -0.25) is 4.79 Å². The molecule has 1 heterocycles. The molecule has 9 heteroatoms. The Kier molecular flexibility index (Phi) is 5.78. The normalized spacial score (nSPS) is 10.3. The van der Waals surface area contributed by atoms with Crippen molar-refractivity contribution in [3.63, 3.8) is 0 Å². The summed E-state index contributed by atoms with van der Waals surface area (Å²) in [4.78, 5) is 12.1. The van der Waals surface area contributed by atoms with E-state index in [1.165, 1.54) is 6.07 Å². The van der Waals surface area contributed by atoms with E-state index in [2.05, 4.69) is 15.5 Å². The van der Waals surface area contributed by atoms with Crippen molar-refractivity contribution < 1.29 is 9.21 Å².